The highest BCUT2D eigenvalue weighted by Crippen LogP contribution is 2.20. The Morgan fingerprint density at radius 3 is 2.46 bits per heavy atom. The van der Waals surface area contributed by atoms with E-state index in [1.807, 2.05) is 62.4 Å². The van der Waals surface area contributed by atoms with E-state index in [4.69, 9.17) is 0 Å². The molecule has 1 heterocycles. The zero-order valence-electron chi connectivity index (χ0n) is 14.9. The summed E-state index contributed by atoms with van der Waals surface area (Å²) in [5.41, 5.74) is 1.47. The van der Waals surface area contributed by atoms with Gasteiger partial charge in [-0.25, -0.2) is 4.98 Å². The summed E-state index contributed by atoms with van der Waals surface area (Å²) in [5.74, 6) is 0.224. The van der Waals surface area contributed by atoms with E-state index in [9.17, 15) is 9.59 Å². The SMILES string of the molecule is CCN(C(=O)CSc1nc2ccccc2c(=O)n1CC)c1ccccc1. The third-order valence-electron chi connectivity index (χ3n) is 4.15. The number of thioether (sulfide) groups is 1. The fourth-order valence-electron chi connectivity index (χ4n) is 2.85. The first-order chi connectivity index (χ1) is 12.7. The molecule has 6 heteroatoms. The van der Waals surface area contributed by atoms with Crippen LogP contribution in [0.4, 0.5) is 5.69 Å². The van der Waals surface area contributed by atoms with Crippen LogP contribution in [0.1, 0.15) is 13.8 Å². The molecule has 0 aliphatic rings. The first-order valence-corrected chi connectivity index (χ1v) is 9.62. The predicted octanol–water partition coefficient (Wildman–Crippen LogP) is 3.56. The molecule has 0 spiro atoms. The van der Waals surface area contributed by atoms with Crippen molar-refractivity contribution in [3.8, 4) is 0 Å². The van der Waals surface area contributed by atoms with Crippen molar-refractivity contribution >= 4 is 34.3 Å². The van der Waals surface area contributed by atoms with Crippen LogP contribution in [0.15, 0.2) is 64.5 Å². The summed E-state index contributed by atoms with van der Waals surface area (Å²) in [6.45, 7) is 4.97. The van der Waals surface area contributed by atoms with Crippen LogP contribution in [0, 0.1) is 0 Å². The van der Waals surface area contributed by atoms with Crippen LogP contribution in [-0.4, -0.2) is 27.8 Å². The van der Waals surface area contributed by atoms with Gasteiger partial charge in [-0.05, 0) is 38.1 Å². The van der Waals surface area contributed by atoms with E-state index >= 15 is 0 Å². The fourth-order valence-corrected chi connectivity index (χ4v) is 3.79. The van der Waals surface area contributed by atoms with Crippen molar-refractivity contribution in [1.82, 2.24) is 9.55 Å². The molecule has 26 heavy (non-hydrogen) atoms. The van der Waals surface area contributed by atoms with Crippen molar-refractivity contribution in [3.05, 3.63) is 65.0 Å². The number of anilines is 1. The number of hydrogen-bond acceptors (Lipinski definition) is 4. The van der Waals surface area contributed by atoms with Crippen molar-refractivity contribution in [2.24, 2.45) is 0 Å². The van der Waals surface area contributed by atoms with Gasteiger partial charge < -0.3 is 4.90 Å². The van der Waals surface area contributed by atoms with Gasteiger partial charge in [0, 0.05) is 18.8 Å². The molecule has 0 fully saturated rings. The van der Waals surface area contributed by atoms with E-state index < -0.39 is 0 Å². The highest BCUT2D eigenvalue weighted by atomic mass is 32.2. The Hall–Kier alpha value is -2.60. The van der Waals surface area contributed by atoms with Gasteiger partial charge in [0.25, 0.3) is 5.56 Å². The quantitative estimate of drug-likeness (QED) is 0.494. The van der Waals surface area contributed by atoms with E-state index in [1.54, 1.807) is 15.5 Å². The lowest BCUT2D eigenvalue weighted by Crippen LogP contribution is -2.32. The number of nitrogens with zero attached hydrogens (tertiary/aromatic N) is 3. The van der Waals surface area contributed by atoms with Crippen LogP contribution in [-0.2, 0) is 11.3 Å². The van der Waals surface area contributed by atoms with Crippen molar-refractivity contribution in [3.63, 3.8) is 0 Å². The number of aromatic nitrogens is 2. The number of amides is 1. The number of rotatable bonds is 6. The first kappa shape index (κ1) is 18.2. The maximum atomic E-state index is 12.7. The topological polar surface area (TPSA) is 55.2 Å². The summed E-state index contributed by atoms with van der Waals surface area (Å²) in [4.78, 5) is 31.7. The first-order valence-electron chi connectivity index (χ1n) is 8.63. The normalized spacial score (nSPS) is 10.8. The summed E-state index contributed by atoms with van der Waals surface area (Å²) >= 11 is 1.31. The lowest BCUT2D eigenvalue weighted by molar-refractivity contribution is -0.116. The Morgan fingerprint density at radius 2 is 1.77 bits per heavy atom. The molecule has 3 aromatic rings. The summed E-state index contributed by atoms with van der Waals surface area (Å²) in [6.07, 6.45) is 0. The predicted molar refractivity (Wildman–Crippen MR) is 107 cm³/mol. The second kappa shape index (κ2) is 8.19. The van der Waals surface area contributed by atoms with Gasteiger partial charge in [0.1, 0.15) is 0 Å². The molecule has 0 unspecified atom stereocenters. The van der Waals surface area contributed by atoms with Gasteiger partial charge in [-0.1, -0.05) is 42.1 Å². The molecule has 0 N–H and O–H groups in total. The largest absolute Gasteiger partial charge is 0.312 e. The maximum Gasteiger partial charge on any atom is 0.262 e. The molecular weight excluding hydrogens is 346 g/mol. The second-order valence-corrected chi connectivity index (χ2v) is 6.67. The number of carbonyl (C=O) groups is 1. The van der Waals surface area contributed by atoms with Crippen molar-refractivity contribution in [2.75, 3.05) is 17.2 Å². The minimum atomic E-state index is -0.0662. The van der Waals surface area contributed by atoms with Crippen LogP contribution in [0.5, 0.6) is 0 Å². The van der Waals surface area contributed by atoms with E-state index in [0.29, 0.717) is 29.1 Å². The van der Waals surface area contributed by atoms with Crippen LogP contribution in [0.2, 0.25) is 0 Å². The number of para-hydroxylation sites is 2. The van der Waals surface area contributed by atoms with Gasteiger partial charge in [0.15, 0.2) is 5.16 Å². The summed E-state index contributed by atoms with van der Waals surface area (Å²) in [5, 5.41) is 1.18. The third kappa shape index (κ3) is 3.65. The number of carbonyl (C=O) groups excluding carboxylic acids is 1. The van der Waals surface area contributed by atoms with Crippen LogP contribution in [0.3, 0.4) is 0 Å². The Morgan fingerprint density at radius 1 is 1.08 bits per heavy atom. The van der Waals surface area contributed by atoms with Gasteiger partial charge in [0.05, 0.1) is 16.7 Å². The summed E-state index contributed by atoms with van der Waals surface area (Å²) in [6, 6.07) is 16.9. The van der Waals surface area contributed by atoms with Crippen LogP contribution >= 0.6 is 11.8 Å². The maximum absolute atomic E-state index is 12.7. The second-order valence-electron chi connectivity index (χ2n) is 5.72. The Balaban J connectivity index is 1.85. The van der Waals surface area contributed by atoms with Gasteiger partial charge in [-0.2, -0.15) is 0 Å². The van der Waals surface area contributed by atoms with Gasteiger partial charge in [-0.3, -0.25) is 14.2 Å². The monoisotopic (exact) mass is 367 g/mol. The molecule has 0 radical (unpaired) electrons. The number of hydrogen-bond donors (Lipinski definition) is 0. The summed E-state index contributed by atoms with van der Waals surface area (Å²) < 4.78 is 1.62. The molecule has 0 aliphatic carbocycles. The van der Waals surface area contributed by atoms with Crippen LogP contribution in [0.25, 0.3) is 10.9 Å². The van der Waals surface area contributed by atoms with E-state index in [2.05, 4.69) is 4.98 Å². The number of benzene rings is 2. The van der Waals surface area contributed by atoms with Gasteiger partial charge >= 0.3 is 0 Å². The molecule has 0 saturated heterocycles. The van der Waals surface area contributed by atoms with Crippen molar-refractivity contribution < 1.29 is 4.79 Å². The highest BCUT2D eigenvalue weighted by molar-refractivity contribution is 7.99. The molecule has 0 atom stereocenters. The molecule has 0 saturated carbocycles. The zero-order chi connectivity index (χ0) is 18.5. The summed E-state index contributed by atoms with van der Waals surface area (Å²) in [7, 11) is 0. The molecular formula is C20H21N3O2S. The average Bonchev–Trinajstić information content (AvgIpc) is 2.68. The lowest BCUT2D eigenvalue weighted by Gasteiger charge is -2.21. The molecule has 0 bridgehead atoms. The number of fused-ring (bicyclic) bond motifs is 1. The molecule has 3 rings (SSSR count). The lowest BCUT2D eigenvalue weighted by atomic mass is 10.2. The minimum Gasteiger partial charge on any atom is -0.312 e. The molecule has 0 aliphatic heterocycles. The van der Waals surface area contributed by atoms with E-state index in [1.165, 1.54) is 11.8 Å². The van der Waals surface area contributed by atoms with Crippen LogP contribution < -0.4 is 10.5 Å². The Bertz CT molecular complexity index is 970. The van der Waals surface area contributed by atoms with E-state index in [0.717, 1.165) is 5.69 Å². The smallest absolute Gasteiger partial charge is 0.262 e. The fraction of sp³-hybridized carbons (Fsp3) is 0.250. The average molecular weight is 367 g/mol. The Kier molecular flexibility index (Phi) is 5.73. The molecule has 134 valence electrons. The molecule has 1 aromatic heterocycles. The van der Waals surface area contributed by atoms with Gasteiger partial charge in [-0.15, -0.1) is 0 Å². The van der Waals surface area contributed by atoms with Gasteiger partial charge in [0.2, 0.25) is 5.91 Å². The van der Waals surface area contributed by atoms with E-state index in [-0.39, 0.29) is 17.2 Å². The highest BCUT2D eigenvalue weighted by Gasteiger charge is 2.16. The zero-order valence-corrected chi connectivity index (χ0v) is 15.7. The standard InChI is InChI=1S/C20H21N3O2S/c1-3-22(15-10-6-5-7-11-15)18(24)14-26-20-21-17-13-9-8-12-16(17)19(25)23(20)4-2/h5-13H,3-4,14H2,1-2H3. The third-order valence-corrected chi connectivity index (χ3v) is 5.11. The van der Waals surface area contributed by atoms with Crippen molar-refractivity contribution in [2.45, 2.75) is 25.5 Å². The molecule has 1 amide bonds. The molecule has 2 aromatic carbocycles. The van der Waals surface area contributed by atoms with Crippen molar-refractivity contribution in [1.29, 1.82) is 0 Å². The Labute approximate surface area is 156 Å². The molecule has 5 nitrogen and oxygen atoms in total. The minimum absolute atomic E-state index is 0.00578.